The molecule has 0 aliphatic carbocycles. The van der Waals surface area contributed by atoms with Crippen LogP contribution in [0.15, 0.2) is 42.5 Å². The fourth-order valence-corrected chi connectivity index (χ4v) is 3.03. The highest BCUT2D eigenvalue weighted by Crippen LogP contribution is 2.30. The topological polar surface area (TPSA) is 49.4 Å². The van der Waals surface area contributed by atoms with Crippen LogP contribution in [0.4, 0.5) is 5.69 Å². The molecule has 4 nitrogen and oxygen atoms in total. The quantitative estimate of drug-likeness (QED) is 0.813. The van der Waals surface area contributed by atoms with Crippen LogP contribution < -0.4 is 10.2 Å². The van der Waals surface area contributed by atoms with Crippen molar-refractivity contribution in [2.45, 2.75) is 13.0 Å². The van der Waals surface area contributed by atoms with Crippen molar-refractivity contribution in [1.29, 1.82) is 0 Å². The van der Waals surface area contributed by atoms with E-state index in [1.807, 2.05) is 18.2 Å². The number of nitrogens with zero attached hydrogens (tertiary/aromatic N) is 1. The van der Waals surface area contributed by atoms with Crippen LogP contribution in [-0.2, 0) is 13.0 Å². The predicted molar refractivity (Wildman–Crippen MR) is 79.4 cm³/mol. The van der Waals surface area contributed by atoms with Gasteiger partial charge in [-0.15, -0.1) is 0 Å². The molecule has 2 aromatic carbocycles. The molecule has 0 atom stereocenters. The first-order chi connectivity index (χ1) is 10.3. The summed E-state index contributed by atoms with van der Waals surface area (Å²) in [5, 5.41) is 3.31. The van der Waals surface area contributed by atoms with Crippen molar-refractivity contribution in [3.8, 4) is 0 Å². The lowest BCUT2D eigenvalue weighted by Crippen LogP contribution is -2.30. The minimum absolute atomic E-state index is 0.232. The van der Waals surface area contributed by atoms with E-state index in [0.717, 1.165) is 19.5 Å². The Morgan fingerprint density at radius 3 is 2.33 bits per heavy atom. The van der Waals surface area contributed by atoms with Gasteiger partial charge >= 0.3 is 0 Å². The Labute approximate surface area is 122 Å². The van der Waals surface area contributed by atoms with Crippen molar-refractivity contribution in [3.05, 3.63) is 64.7 Å². The first-order valence-electron chi connectivity index (χ1n) is 7.06. The van der Waals surface area contributed by atoms with Crippen LogP contribution >= 0.6 is 0 Å². The van der Waals surface area contributed by atoms with Crippen LogP contribution in [0.3, 0.4) is 0 Å². The normalized spacial score (nSPS) is 16.9. The average Bonchev–Trinajstić information content (AvgIpc) is 2.79. The average molecular weight is 278 g/mol. The molecule has 0 radical (unpaired) electrons. The molecule has 4 heteroatoms. The van der Waals surface area contributed by atoms with Gasteiger partial charge in [0.05, 0.1) is 16.8 Å². The molecular formula is C17H14N2O2. The Morgan fingerprint density at radius 1 is 0.905 bits per heavy atom. The molecule has 0 unspecified atom stereocenters. The smallest absolute Gasteiger partial charge is 0.266 e. The Morgan fingerprint density at radius 2 is 1.62 bits per heavy atom. The van der Waals surface area contributed by atoms with Gasteiger partial charge in [-0.3, -0.25) is 9.59 Å². The molecule has 2 aliphatic heterocycles. The van der Waals surface area contributed by atoms with Gasteiger partial charge in [-0.2, -0.15) is 0 Å². The van der Waals surface area contributed by atoms with Gasteiger partial charge in [-0.1, -0.05) is 18.2 Å². The summed E-state index contributed by atoms with van der Waals surface area (Å²) < 4.78 is 0. The fourth-order valence-electron chi connectivity index (χ4n) is 3.03. The van der Waals surface area contributed by atoms with Crippen molar-refractivity contribution in [1.82, 2.24) is 5.32 Å². The first-order valence-corrected chi connectivity index (χ1v) is 7.06. The van der Waals surface area contributed by atoms with Crippen LogP contribution in [0.2, 0.25) is 0 Å². The molecule has 0 bridgehead atoms. The molecule has 0 saturated heterocycles. The molecule has 1 N–H and O–H groups in total. The highest BCUT2D eigenvalue weighted by Gasteiger charge is 2.36. The Kier molecular flexibility index (Phi) is 2.65. The van der Waals surface area contributed by atoms with Crippen molar-refractivity contribution in [2.75, 3.05) is 11.4 Å². The van der Waals surface area contributed by atoms with Crippen molar-refractivity contribution in [3.63, 3.8) is 0 Å². The number of hydrogen-bond acceptors (Lipinski definition) is 3. The second-order valence-corrected chi connectivity index (χ2v) is 5.37. The molecule has 2 aliphatic rings. The fraction of sp³-hybridized carbons (Fsp3) is 0.176. The minimum Gasteiger partial charge on any atom is -0.312 e. The number of imide groups is 1. The van der Waals surface area contributed by atoms with Gasteiger partial charge in [0.15, 0.2) is 0 Å². The molecule has 0 spiro atoms. The van der Waals surface area contributed by atoms with E-state index in [-0.39, 0.29) is 11.8 Å². The maximum absolute atomic E-state index is 12.5. The highest BCUT2D eigenvalue weighted by atomic mass is 16.2. The van der Waals surface area contributed by atoms with Crippen LogP contribution in [0.25, 0.3) is 0 Å². The monoisotopic (exact) mass is 278 g/mol. The standard InChI is InChI=1S/C17H14N2O2/c20-16-14-3-1-2-4-15(14)17(21)19(16)13-6-5-12-10-18-8-7-11(12)9-13/h1-6,9,18H,7-8,10H2. The van der Waals surface area contributed by atoms with Gasteiger partial charge in [-0.25, -0.2) is 4.90 Å². The third kappa shape index (κ3) is 1.80. The number of nitrogens with one attached hydrogen (secondary N) is 1. The number of carbonyl (C=O) groups excluding carboxylic acids is 2. The molecule has 2 heterocycles. The molecule has 0 fully saturated rings. The van der Waals surface area contributed by atoms with Gasteiger partial charge in [0, 0.05) is 6.54 Å². The molecule has 0 aromatic heterocycles. The zero-order valence-corrected chi connectivity index (χ0v) is 11.4. The maximum atomic E-state index is 12.5. The lowest BCUT2D eigenvalue weighted by atomic mass is 10.00. The minimum atomic E-state index is -0.232. The Balaban J connectivity index is 1.78. The summed E-state index contributed by atoms with van der Waals surface area (Å²) in [6, 6.07) is 12.8. The van der Waals surface area contributed by atoms with E-state index in [4.69, 9.17) is 0 Å². The summed E-state index contributed by atoms with van der Waals surface area (Å²) in [4.78, 5) is 26.2. The maximum Gasteiger partial charge on any atom is 0.266 e. The van der Waals surface area contributed by atoms with Gasteiger partial charge in [-0.05, 0) is 48.4 Å². The second-order valence-electron chi connectivity index (χ2n) is 5.37. The summed E-state index contributed by atoms with van der Waals surface area (Å²) in [7, 11) is 0. The van der Waals surface area contributed by atoms with Crippen LogP contribution in [0, 0.1) is 0 Å². The van der Waals surface area contributed by atoms with Crippen molar-refractivity contribution < 1.29 is 9.59 Å². The summed E-state index contributed by atoms with van der Waals surface area (Å²) in [5.74, 6) is -0.464. The molecular weight excluding hydrogens is 264 g/mol. The lowest BCUT2D eigenvalue weighted by Gasteiger charge is -2.20. The van der Waals surface area contributed by atoms with E-state index >= 15 is 0 Å². The van der Waals surface area contributed by atoms with Gasteiger partial charge in [0.25, 0.3) is 11.8 Å². The van der Waals surface area contributed by atoms with Crippen molar-refractivity contribution in [2.24, 2.45) is 0 Å². The number of benzene rings is 2. The molecule has 0 saturated carbocycles. The number of carbonyl (C=O) groups is 2. The number of amides is 2. The number of rotatable bonds is 1. The van der Waals surface area contributed by atoms with Crippen molar-refractivity contribution >= 4 is 17.5 Å². The van der Waals surface area contributed by atoms with E-state index < -0.39 is 0 Å². The molecule has 2 aromatic rings. The summed E-state index contributed by atoms with van der Waals surface area (Å²) in [5.41, 5.74) is 4.09. The third-order valence-corrected chi connectivity index (χ3v) is 4.13. The summed E-state index contributed by atoms with van der Waals surface area (Å²) in [6.07, 6.45) is 0.923. The molecule has 4 rings (SSSR count). The van der Waals surface area contributed by atoms with E-state index in [1.54, 1.807) is 24.3 Å². The van der Waals surface area contributed by atoms with E-state index in [1.165, 1.54) is 16.0 Å². The molecule has 21 heavy (non-hydrogen) atoms. The zero-order chi connectivity index (χ0) is 14.4. The molecule has 2 amide bonds. The third-order valence-electron chi connectivity index (χ3n) is 4.13. The van der Waals surface area contributed by atoms with Gasteiger partial charge in [0.2, 0.25) is 0 Å². The number of fused-ring (bicyclic) bond motifs is 2. The first kappa shape index (κ1) is 12.3. The number of anilines is 1. The second kappa shape index (κ2) is 4.53. The van der Waals surface area contributed by atoms with E-state index in [9.17, 15) is 9.59 Å². The zero-order valence-electron chi connectivity index (χ0n) is 11.4. The van der Waals surface area contributed by atoms with Gasteiger partial charge < -0.3 is 5.32 Å². The summed E-state index contributed by atoms with van der Waals surface area (Å²) >= 11 is 0. The molecule has 104 valence electrons. The summed E-state index contributed by atoms with van der Waals surface area (Å²) in [6.45, 7) is 1.77. The van der Waals surface area contributed by atoms with E-state index in [2.05, 4.69) is 5.32 Å². The Bertz CT molecular complexity index is 732. The van der Waals surface area contributed by atoms with E-state index in [0.29, 0.717) is 16.8 Å². The number of hydrogen-bond donors (Lipinski definition) is 1. The SMILES string of the molecule is O=C1c2ccccc2C(=O)N1c1ccc2c(c1)CCNC2. The largest absolute Gasteiger partial charge is 0.312 e. The Hall–Kier alpha value is -2.46. The van der Waals surface area contributed by atoms with Crippen LogP contribution in [0.1, 0.15) is 31.8 Å². The predicted octanol–water partition coefficient (Wildman–Crippen LogP) is 2.13. The van der Waals surface area contributed by atoms with Crippen LogP contribution in [0.5, 0.6) is 0 Å². The lowest BCUT2D eigenvalue weighted by molar-refractivity contribution is 0.0926. The highest BCUT2D eigenvalue weighted by molar-refractivity contribution is 6.34. The van der Waals surface area contributed by atoms with Crippen LogP contribution in [-0.4, -0.2) is 18.4 Å². The van der Waals surface area contributed by atoms with Gasteiger partial charge in [0.1, 0.15) is 0 Å².